The number of ether oxygens (including phenoxy) is 2. The van der Waals surface area contributed by atoms with Gasteiger partial charge in [-0.05, 0) is 19.2 Å². The molecule has 3 rings (SSSR count). The van der Waals surface area contributed by atoms with Gasteiger partial charge in [0.25, 0.3) is 0 Å². The number of aliphatic hydroxyl groups is 1. The molecule has 1 aliphatic heterocycles. The van der Waals surface area contributed by atoms with E-state index in [0.29, 0.717) is 48.4 Å². The molecule has 148 valence electrons. The molecule has 2 heterocycles. The lowest BCUT2D eigenvalue weighted by Crippen LogP contribution is -2.38. The number of aromatic nitrogens is 1. The lowest BCUT2D eigenvalue weighted by molar-refractivity contribution is -0.137. The maximum absolute atomic E-state index is 12.7. The number of benzene rings is 1. The number of thiazole rings is 1. The third kappa shape index (κ3) is 5.26. The number of hydrogen-bond acceptors (Lipinski definition) is 6. The number of halogens is 3. The van der Waals surface area contributed by atoms with E-state index in [2.05, 4.69) is 4.98 Å². The molecule has 0 radical (unpaired) electrons. The van der Waals surface area contributed by atoms with Crippen LogP contribution >= 0.6 is 11.3 Å². The molecule has 1 atom stereocenters. The van der Waals surface area contributed by atoms with E-state index in [1.54, 1.807) is 0 Å². The van der Waals surface area contributed by atoms with E-state index < -0.39 is 11.7 Å². The summed E-state index contributed by atoms with van der Waals surface area (Å²) in [6.45, 7) is 2.74. The van der Waals surface area contributed by atoms with E-state index in [0.717, 1.165) is 17.8 Å². The van der Waals surface area contributed by atoms with Gasteiger partial charge < -0.3 is 14.6 Å². The van der Waals surface area contributed by atoms with Gasteiger partial charge in [0.1, 0.15) is 5.01 Å². The Labute approximate surface area is 159 Å². The van der Waals surface area contributed by atoms with Gasteiger partial charge in [0.05, 0.1) is 48.7 Å². The molecule has 0 bridgehead atoms. The highest BCUT2D eigenvalue weighted by Gasteiger charge is 2.30. The first-order chi connectivity index (χ1) is 12.9. The van der Waals surface area contributed by atoms with Crippen LogP contribution in [0.3, 0.4) is 0 Å². The molecule has 1 aromatic carbocycles. The summed E-state index contributed by atoms with van der Waals surface area (Å²) in [5.41, 5.74) is 0.622. The fourth-order valence-corrected chi connectivity index (χ4v) is 3.80. The molecule has 0 aliphatic carbocycles. The van der Waals surface area contributed by atoms with Gasteiger partial charge >= 0.3 is 6.18 Å². The van der Waals surface area contributed by atoms with E-state index in [1.807, 2.05) is 11.9 Å². The van der Waals surface area contributed by atoms with Crippen molar-refractivity contribution in [1.82, 2.24) is 9.88 Å². The number of aliphatic hydroxyl groups excluding tert-OH is 1. The Morgan fingerprint density at radius 3 is 2.59 bits per heavy atom. The number of nitrogens with zero attached hydrogens (tertiary/aromatic N) is 2. The predicted octanol–water partition coefficient (Wildman–Crippen LogP) is 3.17. The van der Waals surface area contributed by atoms with Gasteiger partial charge in [0.15, 0.2) is 0 Å². The van der Waals surface area contributed by atoms with Gasteiger partial charge in [0, 0.05) is 18.7 Å². The van der Waals surface area contributed by atoms with Crippen molar-refractivity contribution in [2.75, 3.05) is 33.4 Å². The van der Waals surface area contributed by atoms with Gasteiger partial charge in [-0.1, -0.05) is 12.1 Å². The Kier molecular flexibility index (Phi) is 6.48. The van der Waals surface area contributed by atoms with Gasteiger partial charge in [0.2, 0.25) is 0 Å². The van der Waals surface area contributed by atoms with Crippen LogP contribution in [0.4, 0.5) is 13.2 Å². The summed E-state index contributed by atoms with van der Waals surface area (Å²) in [5.74, 6) is 0. The zero-order valence-electron chi connectivity index (χ0n) is 14.8. The lowest BCUT2D eigenvalue weighted by Gasteiger charge is -2.27. The minimum Gasteiger partial charge on any atom is -0.391 e. The molecule has 2 aromatic rings. The van der Waals surface area contributed by atoms with Crippen LogP contribution in [0.2, 0.25) is 0 Å². The highest BCUT2D eigenvalue weighted by atomic mass is 32.1. The second kappa shape index (κ2) is 8.66. The zero-order valence-corrected chi connectivity index (χ0v) is 15.6. The van der Waals surface area contributed by atoms with Crippen molar-refractivity contribution in [3.63, 3.8) is 0 Å². The van der Waals surface area contributed by atoms with E-state index >= 15 is 0 Å². The van der Waals surface area contributed by atoms with Gasteiger partial charge in [-0.2, -0.15) is 13.2 Å². The molecule has 0 spiro atoms. The summed E-state index contributed by atoms with van der Waals surface area (Å²) in [7, 11) is 1.93. The summed E-state index contributed by atoms with van der Waals surface area (Å²) < 4.78 is 49.1. The Hall–Kier alpha value is -1.52. The average molecular weight is 402 g/mol. The topological polar surface area (TPSA) is 54.8 Å². The third-order valence-electron chi connectivity index (χ3n) is 4.20. The smallest absolute Gasteiger partial charge is 0.391 e. The number of likely N-dealkylation sites (N-methyl/N-ethyl adjacent to an activating group) is 1. The molecular weight excluding hydrogens is 381 g/mol. The van der Waals surface area contributed by atoms with Crippen molar-refractivity contribution >= 4 is 11.3 Å². The molecule has 0 amide bonds. The summed E-state index contributed by atoms with van der Waals surface area (Å²) in [4.78, 5) is 7.28. The zero-order chi connectivity index (χ0) is 19.4. The summed E-state index contributed by atoms with van der Waals surface area (Å²) in [5, 5.41) is 10.2. The average Bonchev–Trinajstić information content (AvgIpc) is 3.04. The lowest BCUT2D eigenvalue weighted by atomic mass is 10.1. The molecule has 1 unspecified atom stereocenters. The quantitative estimate of drug-likeness (QED) is 0.805. The number of rotatable bonds is 6. The molecule has 1 N–H and O–H groups in total. The monoisotopic (exact) mass is 402 g/mol. The maximum atomic E-state index is 12.7. The first-order valence-electron chi connectivity index (χ1n) is 8.52. The Morgan fingerprint density at radius 1 is 1.26 bits per heavy atom. The number of alkyl halides is 3. The molecule has 1 fully saturated rings. The Bertz CT molecular complexity index is 743. The molecule has 0 saturated carbocycles. The van der Waals surface area contributed by atoms with Crippen LogP contribution < -0.4 is 0 Å². The third-order valence-corrected chi connectivity index (χ3v) is 5.33. The second-order valence-corrected chi connectivity index (χ2v) is 7.47. The molecule has 5 nitrogen and oxygen atoms in total. The van der Waals surface area contributed by atoms with Crippen molar-refractivity contribution in [2.24, 2.45) is 0 Å². The molecule has 1 saturated heterocycles. The van der Waals surface area contributed by atoms with Crippen LogP contribution in [0.1, 0.15) is 16.1 Å². The molecule has 9 heteroatoms. The molecule has 27 heavy (non-hydrogen) atoms. The fraction of sp³-hybridized carbons (Fsp3) is 0.500. The van der Waals surface area contributed by atoms with Crippen molar-refractivity contribution in [1.29, 1.82) is 0 Å². The van der Waals surface area contributed by atoms with E-state index in [9.17, 15) is 18.3 Å². The first-order valence-corrected chi connectivity index (χ1v) is 9.33. The molecule has 1 aromatic heterocycles. The van der Waals surface area contributed by atoms with E-state index in [1.165, 1.54) is 23.5 Å². The van der Waals surface area contributed by atoms with Crippen molar-refractivity contribution < 1.29 is 27.8 Å². The second-order valence-electron chi connectivity index (χ2n) is 6.39. The summed E-state index contributed by atoms with van der Waals surface area (Å²) in [6, 6.07) is 4.90. The van der Waals surface area contributed by atoms with Gasteiger partial charge in [-0.3, -0.25) is 4.90 Å². The van der Waals surface area contributed by atoms with Crippen LogP contribution in [0.15, 0.2) is 24.3 Å². The van der Waals surface area contributed by atoms with Crippen LogP contribution in [0, 0.1) is 0 Å². The summed E-state index contributed by atoms with van der Waals surface area (Å²) in [6.07, 6.45) is -4.37. The highest BCUT2D eigenvalue weighted by molar-refractivity contribution is 7.15. The first kappa shape index (κ1) is 20.2. The molecular formula is C18H21F3N2O3S. The number of hydrogen-bond donors (Lipinski definition) is 1. The van der Waals surface area contributed by atoms with Gasteiger partial charge in [-0.15, -0.1) is 11.3 Å². The van der Waals surface area contributed by atoms with Crippen LogP contribution in [-0.2, 0) is 28.8 Å². The largest absolute Gasteiger partial charge is 0.416 e. The van der Waals surface area contributed by atoms with E-state index in [4.69, 9.17) is 9.47 Å². The fourth-order valence-electron chi connectivity index (χ4n) is 2.87. The van der Waals surface area contributed by atoms with Crippen molar-refractivity contribution in [3.05, 3.63) is 40.4 Å². The maximum Gasteiger partial charge on any atom is 0.416 e. The van der Waals surface area contributed by atoms with Crippen molar-refractivity contribution in [3.8, 4) is 10.6 Å². The minimum atomic E-state index is -4.36. The van der Waals surface area contributed by atoms with Crippen molar-refractivity contribution in [2.45, 2.75) is 25.4 Å². The summed E-state index contributed by atoms with van der Waals surface area (Å²) >= 11 is 1.29. The SMILES string of the molecule is CN(Cc1nc(-c2ccc(C(F)(F)F)cc2)sc1CO)CC1COCCO1. The van der Waals surface area contributed by atoms with Crippen LogP contribution in [0.25, 0.3) is 10.6 Å². The Balaban J connectivity index is 1.71. The highest BCUT2D eigenvalue weighted by Crippen LogP contribution is 2.33. The van der Waals surface area contributed by atoms with E-state index in [-0.39, 0.29) is 12.7 Å². The minimum absolute atomic E-state index is 0.00524. The standard InChI is InChI=1S/C18H21F3N2O3S/c1-23(8-14-11-25-6-7-26-14)9-15-16(10-24)27-17(22-15)12-2-4-13(5-3-12)18(19,20)21/h2-5,14,24H,6-11H2,1H3. The van der Waals surface area contributed by atoms with Gasteiger partial charge in [-0.25, -0.2) is 4.98 Å². The predicted molar refractivity (Wildman–Crippen MR) is 95.4 cm³/mol. The normalized spacial score (nSPS) is 18.2. The Morgan fingerprint density at radius 2 is 2.00 bits per heavy atom. The molecule has 1 aliphatic rings. The van der Waals surface area contributed by atoms with Crippen LogP contribution in [-0.4, -0.2) is 54.5 Å². The van der Waals surface area contributed by atoms with Crippen LogP contribution in [0.5, 0.6) is 0 Å².